The van der Waals surface area contributed by atoms with E-state index in [0.29, 0.717) is 23.0 Å². The molecule has 1 saturated heterocycles. The quantitative estimate of drug-likeness (QED) is 0.267. The van der Waals surface area contributed by atoms with Crippen molar-refractivity contribution in [1.82, 2.24) is 0 Å². The van der Waals surface area contributed by atoms with E-state index in [1.165, 1.54) is 29.5 Å². The molecule has 1 atom stereocenters. The minimum absolute atomic E-state index is 0.610. The lowest BCUT2D eigenvalue weighted by Crippen LogP contribution is -2.64. The van der Waals surface area contributed by atoms with Crippen molar-refractivity contribution in [3.05, 3.63) is 91.0 Å². The highest BCUT2D eigenvalue weighted by molar-refractivity contribution is 6.84. The summed E-state index contributed by atoms with van der Waals surface area (Å²) >= 11 is 0. The SMILES string of the molecule is C[Si](C)(C)O[Si](C)(C)O[Si](Oc1ccccc1)(Oc1ccccc1)Oc1ccccc1.[SiH3]C1CCCCO1. The average molecular weight is 587 g/mol. The van der Waals surface area contributed by atoms with Gasteiger partial charge in [0.2, 0.25) is 0 Å². The number of benzene rings is 3. The standard InChI is InChI=1S/C23H30O5Si3.C5H12OSi/c1-29(2,3)27-30(4,5)28-31(24-21-15-9-6-10-16-21,25-22-17-11-7-12-18-22)26-23-19-13-8-14-20-23;7-5-3-1-2-4-6-5/h6-20H,1-5H3;5H,1-4H2,7H3. The van der Waals surface area contributed by atoms with Crippen LogP contribution in [0.1, 0.15) is 19.3 Å². The summed E-state index contributed by atoms with van der Waals surface area (Å²) < 4.78 is 37.6. The normalized spacial score (nSPS) is 16.2. The van der Waals surface area contributed by atoms with E-state index < -0.39 is 25.9 Å². The molecule has 1 heterocycles. The maximum Gasteiger partial charge on any atom is 0.884 e. The molecule has 1 aliphatic rings. The summed E-state index contributed by atoms with van der Waals surface area (Å²) in [7, 11) is -7.13. The average Bonchev–Trinajstić information content (AvgIpc) is 2.85. The zero-order valence-corrected chi connectivity index (χ0v) is 28.5. The van der Waals surface area contributed by atoms with Gasteiger partial charge >= 0.3 is 17.6 Å². The minimum atomic E-state index is -3.79. The smallest absolute Gasteiger partial charge is 0.462 e. The van der Waals surface area contributed by atoms with E-state index in [1.807, 2.05) is 104 Å². The number of hydrogen-bond acceptors (Lipinski definition) is 6. The Bertz CT molecular complexity index is 958. The Morgan fingerprint density at radius 3 is 1.34 bits per heavy atom. The van der Waals surface area contributed by atoms with Crippen LogP contribution in [0.3, 0.4) is 0 Å². The minimum Gasteiger partial charge on any atom is -0.462 e. The summed E-state index contributed by atoms with van der Waals surface area (Å²) in [6, 6.07) is 28.4. The Kier molecular flexibility index (Phi) is 11.4. The molecule has 1 aliphatic heterocycles. The second-order valence-electron chi connectivity index (χ2n) is 10.6. The predicted molar refractivity (Wildman–Crippen MR) is 163 cm³/mol. The van der Waals surface area contributed by atoms with E-state index in [-0.39, 0.29) is 0 Å². The molecule has 0 bridgehead atoms. The number of para-hydroxylation sites is 3. The highest BCUT2D eigenvalue weighted by Crippen LogP contribution is 2.28. The molecule has 1 fully saturated rings. The summed E-state index contributed by atoms with van der Waals surface area (Å²) in [5, 5.41) is 0. The molecule has 0 amide bonds. The first-order chi connectivity index (χ1) is 18.0. The Labute approximate surface area is 234 Å². The van der Waals surface area contributed by atoms with Crippen molar-refractivity contribution in [2.45, 2.75) is 57.7 Å². The molecule has 6 nitrogen and oxygen atoms in total. The van der Waals surface area contributed by atoms with Crippen molar-refractivity contribution in [2.75, 3.05) is 6.61 Å². The van der Waals surface area contributed by atoms with Gasteiger partial charge in [-0.2, -0.15) is 0 Å². The molecule has 3 aromatic carbocycles. The summed E-state index contributed by atoms with van der Waals surface area (Å²) in [6.45, 7) is 11.5. The molecule has 0 aromatic heterocycles. The van der Waals surface area contributed by atoms with Crippen molar-refractivity contribution >= 4 is 36.2 Å². The third-order valence-electron chi connectivity index (χ3n) is 5.29. The van der Waals surface area contributed by atoms with Gasteiger partial charge in [0.25, 0.3) is 0 Å². The molecule has 1 unspecified atom stereocenters. The van der Waals surface area contributed by atoms with Gasteiger partial charge in [-0.3, -0.25) is 0 Å². The van der Waals surface area contributed by atoms with Crippen molar-refractivity contribution in [3.8, 4) is 17.2 Å². The van der Waals surface area contributed by atoms with Crippen molar-refractivity contribution in [3.63, 3.8) is 0 Å². The van der Waals surface area contributed by atoms with Crippen molar-refractivity contribution < 1.29 is 26.2 Å². The third-order valence-corrected chi connectivity index (χ3v) is 15.0. The van der Waals surface area contributed by atoms with Crippen LogP contribution in [0, 0.1) is 0 Å². The van der Waals surface area contributed by atoms with E-state index >= 15 is 0 Å². The van der Waals surface area contributed by atoms with E-state index in [9.17, 15) is 0 Å². The maximum absolute atomic E-state index is 6.64. The topological polar surface area (TPSA) is 55.4 Å². The first-order valence-electron chi connectivity index (χ1n) is 13.3. The van der Waals surface area contributed by atoms with Gasteiger partial charge in [0.1, 0.15) is 17.2 Å². The lowest BCUT2D eigenvalue weighted by Gasteiger charge is -2.37. The molecule has 0 saturated carbocycles. The van der Waals surface area contributed by atoms with Gasteiger partial charge in [-0.15, -0.1) is 0 Å². The lowest BCUT2D eigenvalue weighted by atomic mass is 10.2. The number of rotatable bonds is 10. The summed E-state index contributed by atoms with van der Waals surface area (Å²) in [6.07, 6.45) is 4.01. The van der Waals surface area contributed by atoms with E-state index in [1.54, 1.807) is 0 Å². The predicted octanol–water partition coefficient (Wildman–Crippen LogP) is 6.11. The molecule has 38 heavy (non-hydrogen) atoms. The van der Waals surface area contributed by atoms with Crippen LogP contribution in [0.2, 0.25) is 32.7 Å². The zero-order chi connectivity index (χ0) is 27.5. The Balaban J connectivity index is 0.000000494. The zero-order valence-electron chi connectivity index (χ0n) is 23.5. The first-order valence-corrected chi connectivity index (χ1v) is 22.3. The molecule has 0 radical (unpaired) electrons. The monoisotopic (exact) mass is 586 g/mol. The molecule has 0 aliphatic carbocycles. The maximum atomic E-state index is 6.64. The fraction of sp³-hybridized carbons (Fsp3) is 0.357. The summed E-state index contributed by atoms with van der Waals surface area (Å²) in [5.74, 6) is 1.83. The van der Waals surface area contributed by atoms with Crippen LogP contribution in [0.4, 0.5) is 0 Å². The lowest BCUT2D eigenvalue weighted by molar-refractivity contribution is 0.0675. The van der Waals surface area contributed by atoms with Crippen LogP contribution in [-0.4, -0.2) is 48.5 Å². The fourth-order valence-electron chi connectivity index (χ4n) is 3.98. The van der Waals surface area contributed by atoms with Crippen LogP contribution in [-0.2, 0) is 13.0 Å². The highest BCUT2D eigenvalue weighted by atomic mass is 28.5. The molecule has 0 N–H and O–H groups in total. The van der Waals surface area contributed by atoms with E-state index in [2.05, 4.69) is 19.6 Å². The molecular formula is C28H42O6Si4. The fourth-order valence-corrected chi connectivity index (χ4v) is 15.4. The van der Waals surface area contributed by atoms with E-state index in [0.717, 1.165) is 6.61 Å². The van der Waals surface area contributed by atoms with Gasteiger partial charge in [-0.25, -0.2) is 0 Å². The van der Waals surface area contributed by atoms with Gasteiger partial charge in [0.15, 0.2) is 8.32 Å². The Hall–Kier alpha value is -2.19. The molecule has 3 aromatic rings. The second kappa shape index (κ2) is 14.3. The van der Waals surface area contributed by atoms with Crippen molar-refractivity contribution in [1.29, 1.82) is 0 Å². The van der Waals surface area contributed by atoms with Gasteiger partial charge in [0.05, 0.1) is 0 Å². The summed E-state index contributed by atoms with van der Waals surface area (Å²) in [4.78, 5) is 0. The van der Waals surface area contributed by atoms with Crippen LogP contribution >= 0.6 is 0 Å². The van der Waals surface area contributed by atoms with Gasteiger partial charge in [0, 0.05) is 22.6 Å². The Morgan fingerprint density at radius 1 is 0.632 bits per heavy atom. The van der Waals surface area contributed by atoms with Crippen LogP contribution in [0.25, 0.3) is 0 Å². The largest absolute Gasteiger partial charge is 0.884 e. The van der Waals surface area contributed by atoms with Gasteiger partial charge in [-0.05, 0) is 88.4 Å². The molecule has 4 rings (SSSR count). The van der Waals surface area contributed by atoms with Crippen LogP contribution in [0.15, 0.2) is 91.0 Å². The van der Waals surface area contributed by atoms with Gasteiger partial charge < -0.3 is 26.2 Å². The molecular weight excluding hydrogens is 545 g/mol. The van der Waals surface area contributed by atoms with Crippen molar-refractivity contribution in [2.24, 2.45) is 0 Å². The Morgan fingerprint density at radius 2 is 1.05 bits per heavy atom. The van der Waals surface area contributed by atoms with Gasteiger partial charge in [-0.1, -0.05) is 54.6 Å². The molecule has 206 valence electrons. The highest BCUT2D eigenvalue weighted by Gasteiger charge is 2.59. The first kappa shape index (κ1) is 30.4. The van der Waals surface area contributed by atoms with Crippen LogP contribution < -0.4 is 13.3 Å². The number of ether oxygens (including phenoxy) is 1. The molecule has 0 spiro atoms. The van der Waals surface area contributed by atoms with E-state index in [4.69, 9.17) is 26.2 Å². The number of hydrogen-bond donors (Lipinski definition) is 0. The third kappa shape index (κ3) is 11.3. The van der Waals surface area contributed by atoms with Crippen LogP contribution in [0.5, 0.6) is 17.2 Å². The second-order valence-corrected chi connectivity index (χ2v) is 22.2. The summed E-state index contributed by atoms with van der Waals surface area (Å²) in [5.41, 5.74) is 0.675. The molecule has 10 heteroatoms.